The molecule has 1 amide bonds. The molecule has 0 N–H and O–H groups in total. The van der Waals surface area contributed by atoms with Gasteiger partial charge in [-0.05, 0) is 17.7 Å². The monoisotopic (exact) mass is 181 g/mol. The topological polar surface area (TPSA) is 38.7 Å². The third-order valence-electron chi connectivity index (χ3n) is 1.36. The Morgan fingerprint density at radius 3 is 2.62 bits per heavy atom. The molecule has 1 rings (SSSR count). The van der Waals surface area contributed by atoms with Crippen LogP contribution in [0.2, 0.25) is 0 Å². The lowest BCUT2D eigenvalue weighted by molar-refractivity contribution is 0.183. The third kappa shape index (κ3) is 3.02. The van der Waals surface area contributed by atoms with Gasteiger partial charge in [-0.2, -0.15) is 4.99 Å². The Bertz CT molecular complexity index is 319. The van der Waals surface area contributed by atoms with Gasteiger partial charge in [-0.3, -0.25) is 0 Å². The van der Waals surface area contributed by atoms with Crippen LogP contribution >= 0.6 is 0 Å². The van der Waals surface area contributed by atoms with Crippen LogP contribution in [0, 0.1) is 5.82 Å². The van der Waals surface area contributed by atoms with E-state index < -0.39 is 6.09 Å². The van der Waals surface area contributed by atoms with Gasteiger partial charge in [0, 0.05) is 6.21 Å². The molecule has 4 heteroatoms. The van der Waals surface area contributed by atoms with E-state index in [9.17, 15) is 9.18 Å². The molecule has 0 atom stereocenters. The molecule has 0 heterocycles. The van der Waals surface area contributed by atoms with E-state index in [4.69, 9.17) is 0 Å². The van der Waals surface area contributed by atoms with E-state index in [1.165, 1.54) is 37.6 Å². The molecule has 0 unspecified atom stereocenters. The van der Waals surface area contributed by atoms with E-state index in [0.29, 0.717) is 5.56 Å². The van der Waals surface area contributed by atoms with Gasteiger partial charge >= 0.3 is 6.09 Å². The smallest absolute Gasteiger partial charge is 0.433 e. The molecule has 0 aliphatic rings. The molecule has 0 aliphatic heterocycles. The quantitative estimate of drug-likeness (QED) is 0.621. The molecule has 0 aromatic heterocycles. The van der Waals surface area contributed by atoms with Crippen LogP contribution < -0.4 is 0 Å². The summed E-state index contributed by atoms with van der Waals surface area (Å²) in [5, 5.41) is 0. The molecule has 13 heavy (non-hydrogen) atoms. The van der Waals surface area contributed by atoms with Crippen LogP contribution in [-0.4, -0.2) is 19.4 Å². The molecule has 0 saturated heterocycles. The Kier molecular flexibility index (Phi) is 3.14. The van der Waals surface area contributed by atoms with Gasteiger partial charge in [-0.1, -0.05) is 12.1 Å². The normalized spacial score (nSPS) is 10.3. The van der Waals surface area contributed by atoms with Crippen molar-refractivity contribution in [2.24, 2.45) is 4.99 Å². The SMILES string of the molecule is COC(=O)N=Cc1ccc(F)cc1. The fraction of sp³-hybridized carbons (Fsp3) is 0.111. The Balaban J connectivity index is 2.69. The minimum atomic E-state index is -0.677. The predicted molar refractivity (Wildman–Crippen MR) is 46.4 cm³/mol. The summed E-state index contributed by atoms with van der Waals surface area (Å²) in [4.78, 5) is 14.0. The van der Waals surface area contributed by atoms with Gasteiger partial charge in [0.25, 0.3) is 0 Å². The molecule has 0 saturated carbocycles. The zero-order chi connectivity index (χ0) is 9.68. The summed E-state index contributed by atoms with van der Waals surface area (Å²) >= 11 is 0. The summed E-state index contributed by atoms with van der Waals surface area (Å²) in [7, 11) is 1.24. The molecule has 0 aliphatic carbocycles. The molecule has 68 valence electrons. The zero-order valence-corrected chi connectivity index (χ0v) is 7.03. The van der Waals surface area contributed by atoms with Gasteiger partial charge in [-0.25, -0.2) is 9.18 Å². The lowest BCUT2D eigenvalue weighted by atomic mass is 10.2. The van der Waals surface area contributed by atoms with E-state index in [0.717, 1.165) is 0 Å². The average molecular weight is 181 g/mol. The number of ether oxygens (including phenoxy) is 1. The van der Waals surface area contributed by atoms with Crippen LogP contribution in [0.15, 0.2) is 29.3 Å². The molecule has 1 aromatic carbocycles. The van der Waals surface area contributed by atoms with E-state index in [-0.39, 0.29) is 5.82 Å². The van der Waals surface area contributed by atoms with Crippen LogP contribution in [0.3, 0.4) is 0 Å². The maximum atomic E-state index is 12.4. The molecular formula is C9H8FNO2. The highest BCUT2D eigenvalue weighted by molar-refractivity contribution is 5.88. The van der Waals surface area contributed by atoms with Crippen molar-refractivity contribution in [2.75, 3.05) is 7.11 Å². The van der Waals surface area contributed by atoms with Gasteiger partial charge < -0.3 is 4.74 Å². The Hall–Kier alpha value is -1.71. The first-order valence-electron chi connectivity index (χ1n) is 3.60. The second-order valence-electron chi connectivity index (χ2n) is 2.28. The van der Waals surface area contributed by atoms with E-state index >= 15 is 0 Å². The molecule has 3 nitrogen and oxygen atoms in total. The summed E-state index contributed by atoms with van der Waals surface area (Å²) in [6.45, 7) is 0. The maximum Gasteiger partial charge on any atom is 0.433 e. The number of carbonyl (C=O) groups excluding carboxylic acids is 1. The summed E-state index contributed by atoms with van der Waals surface area (Å²) in [6.07, 6.45) is 0.634. The molecule has 1 aromatic rings. The highest BCUT2D eigenvalue weighted by Crippen LogP contribution is 1.99. The second-order valence-corrected chi connectivity index (χ2v) is 2.28. The van der Waals surface area contributed by atoms with Gasteiger partial charge in [-0.15, -0.1) is 0 Å². The maximum absolute atomic E-state index is 12.4. The van der Waals surface area contributed by atoms with Crippen LogP contribution in [0.1, 0.15) is 5.56 Å². The number of halogens is 1. The fourth-order valence-electron chi connectivity index (χ4n) is 0.729. The largest absolute Gasteiger partial charge is 0.451 e. The van der Waals surface area contributed by atoms with Crippen molar-refractivity contribution in [2.45, 2.75) is 0 Å². The summed E-state index contributed by atoms with van der Waals surface area (Å²) in [5.74, 6) is -0.324. The predicted octanol–water partition coefficient (Wildman–Crippen LogP) is 2.01. The summed E-state index contributed by atoms with van der Waals surface area (Å²) < 4.78 is 16.7. The van der Waals surface area contributed by atoms with Gasteiger partial charge in [0.1, 0.15) is 5.82 Å². The van der Waals surface area contributed by atoms with Crippen molar-refractivity contribution in [1.82, 2.24) is 0 Å². The zero-order valence-electron chi connectivity index (χ0n) is 7.03. The minimum Gasteiger partial charge on any atom is -0.451 e. The molecule has 0 radical (unpaired) electrons. The van der Waals surface area contributed by atoms with Crippen molar-refractivity contribution in [3.63, 3.8) is 0 Å². The number of methoxy groups -OCH3 is 1. The van der Waals surface area contributed by atoms with Crippen molar-refractivity contribution in [1.29, 1.82) is 0 Å². The van der Waals surface area contributed by atoms with Crippen LogP contribution in [-0.2, 0) is 4.74 Å². The van der Waals surface area contributed by atoms with Crippen LogP contribution in [0.4, 0.5) is 9.18 Å². The number of aliphatic imine (C=N–C) groups is 1. The fourth-order valence-corrected chi connectivity index (χ4v) is 0.729. The Morgan fingerprint density at radius 2 is 2.08 bits per heavy atom. The van der Waals surface area contributed by atoms with Gasteiger partial charge in [0.05, 0.1) is 7.11 Å². The van der Waals surface area contributed by atoms with E-state index in [1.807, 2.05) is 0 Å². The summed E-state index contributed by atoms with van der Waals surface area (Å²) in [5.41, 5.74) is 0.645. The standard InChI is InChI=1S/C9H8FNO2/c1-13-9(12)11-6-7-2-4-8(10)5-3-7/h2-6H,1H3. The minimum absolute atomic E-state index is 0.324. The molecule has 0 bridgehead atoms. The number of carbonyl (C=O) groups is 1. The average Bonchev–Trinajstić information content (AvgIpc) is 2.16. The van der Waals surface area contributed by atoms with Crippen molar-refractivity contribution >= 4 is 12.3 Å². The van der Waals surface area contributed by atoms with Gasteiger partial charge in [0.15, 0.2) is 0 Å². The van der Waals surface area contributed by atoms with Crippen molar-refractivity contribution in [3.8, 4) is 0 Å². The molecule has 0 fully saturated rings. The highest BCUT2D eigenvalue weighted by Gasteiger charge is 1.93. The lowest BCUT2D eigenvalue weighted by Gasteiger charge is -1.91. The lowest BCUT2D eigenvalue weighted by Crippen LogP contribution is -1.93. The number of nitrogens with zero attached hydrogens (tertiary/aromatic N) is 1. The Labute approximate surface area is 74.9 Å². The van der Waals surface area contributed by atoms with Crippen LogP contribution in [0.25, 0.3) is 0 Å². The van der Waals surface area contributed by atoms with E-state index in [1.54, 1.807) is 0 Å². The van der Waals surface area contributed by atoms with Crippen molar-refractivity contribution < 1.29 is 13.9 Å². The first-order chi connectivity index (χ1) is 6.22. The number of rotatable bonds is 1. The highest BCUT2D eigenvalue weighted by atomic mass is 19.1. The third-order valence-corrected chi connectivity index (χ3v) is 1.36. The first-order valence-corrected chi connectivity index (χ1v) is 3.60. The number of benzene rings is 1. The molecular weight excluding hydrogens is 173 g/mol. The summed E-state index contributed by atoms with van der Waals surface area (Å²) in [6, 6.07) is 5.61. The van der Waals surface area contributed by atoms with Gasteiger partial charge in [0.2, 0.25) is 0 Å². The van der Waals surface area contributed by atoms with Crippen LogP contribution in [0.5, 0.6) is 0 Å². The first kappa shape index (κ1) is 9.38. The van der Waals surface area contributed by atoms with Crippen molar-refractivity contribution in [3.05, 3.63) is 35.6 Å². The second kappa shape index (κ2) is 4.35. The molecule has 0 spiro atoms. The Morgan fingerprint density at radius 1 is 1.46 bits per heavy atom. The number of hydrogen-bond acceptors (Lipinski definition) is 2. The number of amides is 1. The number of hydrogen-bond donors (Lipinski definition) is 0. The van der Waals surface area contributed by atoms with E-state index in [2.05, 4.69) is 9.73 Å².